The molecule has 2 heterocycles. The zero-order valence-electron chi connectivity index (χ0n) is 32.9. The first-order valence-corrected chi connectivity index (χ1v) is 20.3. The van der Waals surface area contributed by atoms with Crippen molar-refractivity contribution in [2.75, 3.05) is 0 Å². The Kier molecular flexibility index (Phi) is 8.16. The van der Waals surface area contributed by atoms with E-state index < -0.39 is 0 Å². The highest BCUT2D eigenvalue weighted by Crippen LogP contribution is 2.51. The van der Waals surface area contributed by atoms with Crippen molar-refractivity contribution < 1.29 is 0 Å². The largest absolute Gasteiger partial charge is 0.248 e. The Bertz CT molecular complexity index is 3170. The second-order valence-corrected chi connectivity index (χ2v) is 16.0. The molecule has 0 unspecified atom stereocenters. The van der Waals surface area contributed by atoms with E-state index in [1.165, 1.54) is 27.8 Å². The monoisotopic (exact) mass is 753 g/mol. The van der Waals surface area contributed by atoms with Crippen molar-refractivity contribution in [3.05, 3.63) is 211 Å². The SMILES string of the molecule is CC1(C)c2ccccc2-c2cc3c(-c4cccc(-c5ccc(-c6nc(-c7ccccc7)cc(-c7ccccc7)n6)c6ccccc56)c4)cc(-c4ccccc4)nc3cc21. The first-order chi connectivity index (χ1) is 29.0. The fourth-order valence-electron chi connectivity index (χ4n) is 9.10. The zero-order chi connectivity index (χ0) is 39.5. The van der Waals surface area contributed by atoms with Gasteiger partial charge in [0, 0.05) is 33.1 Å². The van der Waals surface area contributed by atoms with Gasteiger partial charge >= 0.3 is 0 Å². The molecule has 0 spiro atoms. The minimum Gasteiger partial charge on any atom is -0.248 e. The number of fused-ring (bicyclic) bond motifs is 5. The summed E-state index contributed by atoms with van der Waals surface area (Å²) in [7, 11) is 0. The molecule has 0 N–H and O–H groups in total. The number of nitrogens with zero attached hydrogens (tertiary/aromatic N) is 3. The smallest absolute Gasteiger partial charge is 0.161 e. The van der Waals surface area contributed by atoms with Gasteiger partial charge in [-0.15, -0.1) is 0 Å². The number of benzene rings is 8. The molecule has 0 fully saturated rings. The fraction of sp³-hybridized carbons (Fsp3) is 0.0536. The molecule has 0 saturated carbocycles. The summed E-state index contributed by atoms with van der Waals surface area (Å²) in [6.07, 6.45) is 0. The van der Waals surface area contributed by atoms with Crippen LogP contribution in [0.15, 0.2) is 200 Å². The fourth-order valence-corrected chi connectivity index (χ4v) is 9.10. The van der Waals surface area contributed by atoms with Crippen LogP contribution in [0.1, 0.15) is 25.0 Å². The van der Waals surface area contributed by atoms with Crippen molar-refractivity contribution in [3.63, 3.8) is 0 Å². The lowest BCUT2D eigenvalue weighted by atomic mass is 9.82. The topological polar surface area (TPSA) is 38.7 Å². The molecular formula is C56H39N3. The summed E-state index contributed by atoms with van der Waals surface area (Å²) in [5, 5.41) is 3.41. The molecule has 1 aliphatic rings. The molecule has 1 aliphatic carbocycles. The van der Waals surface area contributed by atoms with Crippen LogP contribution in [0.25, 0.3) is 100 Å². The molecule has 59 heavy (non-hydrogen) atoms. The van der Waals surface area contributed by atoms with E-state index in [-0.39, 0.29) is 5.41 Å². The molecule has 8 aromatic carbocycles. The molecule has 0 saturated heterocycles. The Balaban J connectivity index is 1.08. The van der Waals surface area contributed by atoms with Gasteiger partial charge in [-0.05, 0) is 91.7 Å². The van der Waals surface area contributed by atoms with E-state index in [2.05, 4.69) is 202 Å². The van der Waals surface area contributed by atoms with Crippen LogP contribution in [0.4, 0.5) is 0 Å². The average molecular weight is 754 g/mol. The molecule has 3 nitrogen and oxygen atoms in total. The normalized spacial score (nSPS) is 12.7. The van der Waals surface area contributed by atoms with Gasteiger partial charge in [0.1, 0.15) is 0 Å². The lowest BCUT2D eigenvalue weighted by Gasteiger charge is -2.22. The average Bonchev–Trinajstić information content (AvgIpc) is 3.53. The van der Waals surface area contributed by atoms with Gasteiger partial charge in [0.15, 0.2) is 5.82 Å². The summed E-state index contributed by atoms with van der Waals surface area (Å²) in [6.45, 7) is 4.66. The molecule has 0 bridgehead atoms. The Morgan fingerprint density at radius 2 is 0.814 bits per heavy atom. The molecule has 278 valence electrons. The van der Waals surface area contributed by atoms with E-state index in [9.17, 15) is 0 Å². The molecule has 0 aliphatic heterocycles. The van der Waals surface area contributed by atoms with Crippen LogP contribution in [0, 0.1) is 0 Å². The van der Waals surface area contributed by atoms with Crippen molar-refractivity contribution in [2.24, 2.45) is 0 Å². The summed E-state index contributed by atoms with van der Waals surface area (Å²) >= 11 is 0. The summed E-state index contributed by atoms with van der Waals surface area (Å²) in [4.78, 5) is 15.7. The van der Waals surface area contributed by atoms with E-state index in [4.69, 9.17) is 15.0 Å². The van der Waals surface area contributed by atoms with Crippen molar-refractivity contribution >= 4 is 21.7 Å². The molecule has 3 heteroatoms. The Morgan fingerprint density at radius 3 is 1.46 bits per heavy atom. The third-order valence-corrected chi connectivity index (χ3v) is 12.1. The summed E-state index contributed by atoms with van der Waals surface area (Å²) in [5.41, 5.74) is 17.8. The van der Waals surface area contributed by atoms with E-state index in [1.807, 2.05) is 12.1 Å². The molecule has 2 aromatic heterocycles. The Labute approximate surface area is 344 Å². The minimum atomic E-state index is -0.116. The third-order valence-electron chi connectivity index (χ3n) is 12.1. The molecule has 0 atom stereocenters. The van der Waals surface area contributed by atoms with Gasteiger partial charge in [0.05, 0.1) is 22.6 Å². The molecular weight excluding hydrogens is 715 g/mol. The molecule has 0 radical (unpaired) electrons. The highest BCUT2D eigenvalue weighted by Gasteiger charge is 2.36. The lowest BCUT2D eigenvalue weighted by molar-refractivity contribution is 0.661. The number of rotatable bonds is 6. The lowest BCUT2D eigenvalue weighted by Crippen LogP contribution is -2.14. The summed E-state index contributed by atoms with van der Waals surface area (Å²) in [6, 6.07) is 71.3. The number of hydrogen-bond acceptors (Lipinski definition) is 3. The highest BCUT2D eigenvalue weighted by atomic mass is 14.9. The van der Waals surface area contributed by atoms with E-state index in [0.29, 0.717) is 5.82 Å². The van der Waals surface area contributed by atoms with Crippen molar-refractivity contribution in [1.29, 1.82) is 0 Å². The molecule has 11 rings (SSSR count). The Hall–Kier alpha value is -7.49. The summed E-state index contributed by atoms with van der Waals surface area (Å²) in [5.74, 6) is 0.704. The van der Waals surface area contributed by atoms with E-state index >= 15 is 0 Å². The van der Waals surface area contributed by atoms with Gasteiger partial charge in [0.2, 0.25) is 0 Å². The second-order valence-electron chi connectivity index (χ2n) is 16.0. The predicted molar refractivity (Wildman–Crippen MR) is 245 cm³/mol. The van der Waals surface area contributed by atoms with Crippen molar-refractivity contribution in [2.45, 2.75) is 19.3 Å². The van der Waals surface area contributed by atoms with Gasteiger partial charge < -0.3 is 0 Å². The van der Waals surface area contributed by atoms with Gasteiger partial charge in [-0.1, -0.05) is 178 Å². The molecule has 10 aromatic rings. The van der Waals surface area contributed by atoms with Crippen molar-refractivity contribution in [3.8, 4) is 78.5 Å². The third kappa shape index (κ3) is 5.94. The van der Waals surface area contributed by atoms with Crippen LogP contribution in [-0.2, 0) is 5.41 Å². The first kappa shape index (κ1) is 34.7. The van der Waals surface area contributed by atoms with E-state index in [1.54, 1.807) is 0 Å². The standard InChI is InChI=1S/C56H39N3/c1-56(2)49-28-15-14-27-44(49)47-32-48-46(33-51(36-17-6-3-7-18-36)57-54(48)34-50(47)56)40-24-16-23-39(31-40)41-29-30-45(43-26-13-12-25-42(41)43)55-58-52(37-19-8-4-9-20-37)35-53(59-55)38-21-10-5-11-22-38/h3-35H,1-2H3. The van der Waals surface area contributed by atoms with Crippen LogP contribution >= 0.6 is 0 Å². The van der Waals surface area contributed by atoms with Crippen LogP contribution in [-0.4, -0.2) is 15.0 Å². The van der Waals surface area contributed by atoms with Gasteiger partial charge in [0.25, 0.3) is 0 Å². The zero-order valence-corrected chi connectivity index (χ0v) is 32.9. The van der Waals surface area contributed by atoms with Crippen molar-refractivity contribution in [1.82, 2.24) is 15.0 Å². The van der Waals surface area contributed by atoms with Crippen LogP contribution in [0.2, 0.25) is 0 Å². The highest BCUT2D eigenvalue weighted by molar-refractivity contribution is 6.06. The number of aromatic nitrogens is 3. The van der Waals surface area contributed by atoms with Crippen LogP contribution < -0.4 is 0 Å². The second kappa shape index (κ2) is 13.9. The predicted octanol–water partition coefficient (Wildman–Crippen LogP) is 14.5. The quantitative estimate of drug-likeness (QED) is 0.170. The maximum absolute atomic E-state index is 5.34. The molecule has 0 amide bonds. The van der Waals surface area contributed by atoms with Gasteiger partial charge in [-0.3, -0.25) is 0 Å². The van der Waals surface area contributed by atoms with Gasteiger partial charge in [-0.2, -0.15) is 0 Å². The summed E-state index contributed by atoms with van der Waals surface area (Å²) < 4.78 is 0. The first-order valence-electron chi connectivity index (χ1n) is 20.3. The van der Waals surface area contributed by atoms with E-state index in [0.717, 1.165) is 77.7 Å². The Morgan fingerprint density at radius 1 is 0.305 bits per heavy atom. The number of pyridine rings is 1. The maximum atomic E-state index is 5.34. The van der Waals surface area contributed by atoms with Gasteiger partial charge in [-0.25, -0.2) is 15.0 Å². The minimum absolute atomic E-state index is 0.116. The number of hydrogen-bond donors (Lipinski definition) is 0. The maximum Gasteiger partial charge on any atom is 0.161 e. The van der Waals surface area contributed by atoms with Crippen LogP contribution in [0.3, 0.4) is 0 Å². The van der Waals surface area contributed by atoms with Crippen LogP contribution in [0.5, 0.6) is 0 Å².